The van der Waals surface area contributed by atoms with Crippen molar-refractivity contribution < 1.29 is 22.7 Å². The molecule has 1 aliphatic heterocycles. The predicted molar refractivity (Wildman–Crippen MR) is 94.3 cm³/mol. The number of carbonyl (C=O) groups is 1. The molecule has 3 rings (SSSR count). The zero-order chi connectivity index (χ0) is 18.9. The number of nitrogens with one attached hydrogen (secondary N) is 1. The van der Waals surface area contributed by atoms with E-state index >= 15 is 0 Å². The maximum Gasteiger partial charge on any atom is 0.352 e. The lowest BCUT2D eigenvalue weighted by molar-refractivity contribution is 0.0686. The second kappa shape index (κ2) is 7.08. The van der Waals surface area contributed by atoms with Gasteiger partial charge in [0.15, 0.2) is 0 Å². The van der Waals surface area contributed by atoms with Crippen LogP contribution in [0, 0.1) is 11.7 Å². The minimum atomic E-state index is -3.80. The van der Waals surface area contributed by atoms with Crippen molar-refractivity contribution in [2.45, 2.75) is 11.3 Å². The maximum atomic E-state index is 13.9. The van der Waals surface area contributed by atoms with Crippen LogP contribution >= 0.6 is 0 Å². The number of aryl methyl sites for hydroxylation is 1. The largest absolute Gasteiger partial charge is 0.477 e. The minimum absolute atomic E-state index is 0.0482. The van der Waals surface area contributed by atoms with E-state index in [1.165, 1.54) is 23.9 Å². The number of halogens is 1. The molecule has 2 aromatic rings. The van der Waals surface area contributed by atoms with Crippen molar-refractivity contribution in [1.29, 1.82) is 0 Å². The Bertz CT molecular complexity index is 926. The Balaban J connectivity index is 1.63. The number of aromatic carboxylic acids is 1. The van der Waals surface area contributed by atoms with E-state index in [4.69, 9.17) is 5.11 Å². The van der Waals surface area contributed by atoms with Gasteiger partial charge >= 0.3 is 5.97 Å². The third-order valence-electron chi connectivity index (χ3n) is 4.55. The van der Waals surface area contributed by atoms with Crippen LogP contribution < -0.4 is 9.62 Å². The van der Waals surface area contributed by atoms with Gasteiger partial charge in [0.1, 0.15) is 16.4 Å². The van der Waals surface area contributed by atoms with E-state index in [2.05, 4.69) is 4.72 Å². The number of para-hydroxylation sites is 1. The van der Waals surface area contributed by atoms with Gasteiger partial charge in [0, 0.05) is 32.9 Å². The van der Waals surface area contributed by atoms with Gasteiger partial charge in [0.2, 0.25) is 10.0 Å². The van der Waals surface area contributed by atoms with Gasteiger partial charge < -0.3 is 14.6 Å². The van der Waals surface area contributed by atoms with Crippen LogP contribution in [-0.2, 0) is 17.1 Å². The van der Waals surface area contributed by atoms with E-state index < -0.39 is 16.0 Å². The third kappa shape index (κ3) is 3.73. The molecule has 26 heavy (non-hydrogen) atoms. The van der Waals surface area contributed by atoms with Crippen LogP contribution in [-0.4, -0.2) is 43.7 Å². The Morgan fingerprint density at radius 3 is 2.77 bits per heavy atom. The summed E-state index contributed by atoms with van der Waals surface area (Å²) in [5, 5.41) is 9.03. The maximum absolute atomic E-state index is 13.9. The monoisotopic (exact) mass is 381 g/mol. The number of carboxylic acid groups (broad SMARTS) is 1. The van der Waals surface area contributed by atoms with Crippen molar-refractivity contribution in [2.24, 2.45) is 13.0 Å². The van der Waals surface area contributed by atoms with Gasteiger partial charge in [0.05, 0.1) is 5.69 Å². The van der Waals surface area contributed by atoms with Gasteiger partial charge in [0.25, 0.3) is 0 Å². The smallest absolute Gasteiger partial charge is 0.352 e. The molecule has 1 unspecified atom stereocenters. The molecule has 0 spiro atoms. The molecule has 9 heteroatoms. The minimum Gasteiger partial charge on any atom is -0.477 e. The van der Waals surface area contributed by atoms with E-state index in [1.54, 1.807) is 18.2 Å². The van der Waals surface area contributed by atoms with Gasteiger partial charge in [-0.1, -0.05) is 12.1 Å². The standard InChI is InChI=1S/C17H20FN3O4S/c1-20-11-13(8-16(20)17(22)23)26(24,25)19-9-12-6-7-21(10-12)15-5-3-2-4-14(15)18/h2-5,8,11-12,19H,6-7,9-10H2,1H3,(H,22,23). The fraction of sp³-hybridized carbons (Fsp3) is 0.353. The van der Waals surface area contributed by atoms with Crippen molar-refractivity contribution in [2.75, 3.05) is 24.5 Å². The van der Waals surface area contributed by atoms with Gasteiger partial charge in [-0.3, -0.25) is 0 Å². The molecule has 1 atom stereocenters. The Kier molecular flexibility index (Phi) is 5.01. The number of hydrogen-bond acceptors (Lipinski definition) is 4. The Morgan fingerprint density at radius 1 is 1.38 bits per heavy atom. The van der Waals surface area contributed by atoms with Gasteiger partial charge in [-0.05, 0) is 30.5 Å². The van der Waals surface area contributed by atoms with Crippen LogP contribution in [0.5, 0.6) is 0 Å². The summed E-state index contributed by atoms with van der Waals surface area (Å²) in [5.41, 5.74) is 0.420. The molecule has 0 bridgehead atoms. The Labute approximate surface area is 151 Å². The van der Waals surface area contributed by atoms with Crippen LogP contribution in [0.2, 0.25) is 0 Å². The van der Waals surface area contributed by atoms with E-state index in [-0.39, 0.29) is 28.9 Å². The van der Waals surface area contributed by atoms with Crippen molar-refractivity contribution in [3.8, 4) is 0 Å². The summed E-state index contributed by atoms with van der Waals surface area (Å²) in [6, 6.07) is 7.64. The molecule has 0 saturated carbocycles. The predicted octanol–water partition coefficient (Wildman–Crippen LogP) is 1.67. The fourth-order valence-electron chi connectivity index (χ4n) is 3.13. The fourth-order valence-corrected chi connectivity index (χ4v) is 4.32. The lowest BCUT2D eigenvalue weighted by Gasteiger charge is -2.19. The first kappa shape index (κ1) is 18.4. The Hall–Kier alpha value is -2.39. The molecule has 140 valence electrons. The highest BCUT2D eigenvalue weighted by atomic mass is 32.2. The average molecular weight is 381 g/mol. The van der Waals surface area contributed by atoms with Crippen LogP contribution in [0.3, 0.4) is 0 Å². The van der Waals surface area contributed by atoms with E-state index in [9.17, 15) is 17.6 Å². The zero-order valence-corrected chi connectivity index (χ0v) is 15.0. The summed E-state index contributed by atoms with van der Waals surface area (Å²) in [6.45, 7) is 1.42. The molecule has 7 nitrogen and oxygen atoms in total. The molecular formula is C17H20FN3O4S. The summed E-state index contributed by atoms with van der Waals surface area (Å²) >= 11 is 0. The first-order chi connectivity index (χ1) is 12.3. The molecule has 2 N–H and O–H groups in total. The number of aromatic nitrogens is 1. The summed E-state index contributed by atoms with van der Waals surface area (Å²) in [5.74, 6) is -1.43. The van der Waals surface area contributed by atoms with Crippen LogP contribution in [0.1, 0.15) is 16.9 Å². The number of rotatable bonds is 6. The number of nitrogens with zero attached hydrogens (tertiary/aromatic N) is 2. The highest BCUT2D eigenvalue weighted by molar-refractivity contribution is 7.89. The highest BCUT2D eigenvalue weighted by Gasteiger charge is 2.27. The molecular weight excluding hydrogens is 361 g/mol. The second-order valence-electron chi connectivity index (χ2n) is 6.38. The molecule has 1 aromatic carbocycles. The summed E-state index contributed by atoms with van der Waals surface area (Å²) in [6.07, 6.45) is 2.01. The van der Waals surface area contributed by atoms with E-state index in [0.717, 1.165) is 12.5 Å². The quantitative estimate of drug-likeness (QED) is 0.794. The lowest BCUT2D eigenvalue weighted by Crippen LogP contribution is -2.31. The van der Waals surface area contributed by atoms with Crippen molar-refractivity contribution >= 4 is 21.7 Å². The molecule has 1 saturated heterocycles. The van der Waals surface area contributed by atoms with Crippen molar-refractivity contribution in [3.63, 3.8) is 0 Å². The average Bonchev–Trinajstić information content (AvgIpc) is 3.20. The molecule has 0 aliphatic carbocycles. The number of anilines is 1. The second-order valence-corrected chi connectivity index (χ2v) is 8.15. The molecule has 0 amide bonds. The van der Waals surface area contributed by atoms with Gasteiger partial charge in [-0.15, -0.1) is 0 Å². The van der Waals surface area contributed by atoms with Crippen molar-refractivity contribution in [1.82, 2.24) is 9.29 Å². The number of benzene rings is 1. The SMILES string of the molecule is Cn1cc(S(=O)(=O)NCC2CCN(c3ccccc3F)C2)cc1C(=O)O. The van der Waals surface area contributed by atoms with E-state index in [1.807, 2.05) is 4.90 Å². The highest BCUT2D eigenvalue weighted by Crippen LogP contribution is 2.26. The number of carboxylic acids is 1. The normalized spacial score (nSPS) is 17.6. The number of hydrogen-bond donors (Lipinski definition) is 2. The molecule has 1 aromatic heterocycles. The first-order valence-corrected chi connectivity index (χ1v) is 9.65. The van der Waals surface area contributed by atoms with Crippen molar-refractivity contribution in [3.05, 3.63) is 48.0 Å². The Morgan fingerprint density at radius 2 is 2.12 bits per heavy atom. The van der Waals surface area contributed by atoms with Gasteiger partial charge in [-0.25, -0.2) is 22.3 Å². The lowest BCUT2D eigenvalue weighted by atomic mass is 10.1. The summed E-state index contributed by atoms with van der Waals surface area (Å²) < 4.78 is 42.4. The molecule has 0 radical (unpaired) electrons. The van der Waals surface area contributed by atoms with Crippen LogP contribution in [0.15, 0.2) is 41.4 Å². The molecule has 1 aliphatic rings. The summed E-state index contributed by atoms with van der Waals surface area (Å²) in [7, 11) is -2.32. The zero-order valence-electron chi connectivity index (χ0n) is 14.2. The summed E-state index contributed by atoms with van der Waals surface area (Å²) in [4.78, 5) is 12.9. The number of sulfonamides is 1. The van der Waals surface area contributed by atoms with Crippen LogP contribution in [0.25, 0.3) is 0 Å². The topological polar surface area (TPSA) is 91.6 Å². The van der Waals surface area contributed by atoms with Crippen LogP contribution in [0.4, 0.5) is 10.1 Å². The van der Waals surface area contributed by atoms with E-state index in [0.29, 0.717) is 18.8 Å². The first-order valence-electron chi connectivity index (χ1n) is 8.17. The van der Waals surface area contributed by atoms with Gasteiger partial charge in [-0.2, -0.15) is 0 Å². The molecule has 2 heterocycles. The molecule has 1 fully saturated rings. The third-order valence-corrected chi connectivity index (χ3v) is 5.94.